The maximum Gasteiger partial charge on any atom is 0.159 e. The zero-order valence-electron chi connectivity index (χ0n) is 11.5. The van der Waals surface area contributed by atoms with Crippen LogP contribution < -0.4 is 0 Å². The largest absolute Gasteiger partial charge is 0.236 e. The molecule has 1 atom stereocenters. The fraction of sp³-hybridized carbons (Fsp3) is 0.176. The third-order valence-electron chi connectivity index (χ3n) is 3.48. The zero-order chi connectivity index (χ0) is 14.1. The highest BCUT2D eigenvalue weighted by molar-refractivity contribution is 6.20. The first kappa shape index (κ1) is 13.1. The van der Waals surface area contributed by atoms with E-state index in [0.29, 0.717) is 0 Å². The molecule has 1 aromatic heterocycles. The van der Waals surface area contributed by atoms with Crippen molar-refractivity contribution in [1.29, 1.82) is 0 Å². The molecule has 0 amide bonds. The van der Waals surface area contributed by atoms with Crippen LogP contribution >= 0.6 is 11.6 Å². The van der Waals surface area contributed by atoms with Crippen LogP contribution in [0.25, 0.3) is 22.2 Å². The Morgan fingerprint density at radius 3 is 2.55 bits per heavy atom. The van der Waals surface area contributed by atoms with Crippen molar-refractivity contribution >= 4 is 22.4 Å². The fourth-order valence-electron chi connectivity index (χ4n) is 2.42. The maximum atomic E-state index is 6.12. The summed E-state index contributed by atoms with van der Waals surface area (Å²) >= 11 is 6.12. The zero-order valence-corrected chi connectivity index (χ0v) is 12.2. The van der Waals surface area contributed by atoms with Crippen LogP contribution in [0.4, 0.5) is 0 Å². The molecule has 0 N–H and O–H groups in total. The van der Waals surface area contributed by atoms with Crippen molar-refractivity contribution in [2.45, 2.75) is 19.2 Å². The third kappa shape index (κ3) is 2.27. The van der Waals surface area contributed by atoms with E-state index in [1.807, 2.05) is 38.2 Å². The first-order chi connectivity index (χ1) is 9.66. The van der Waals surface area contributed by atoms with E-state index in [0.717, 1.165) is 22.6 Å². The van der Waals surface area contributed by atoms with E-state index in [-0.39, 0.29) is 5.38 Å². The summed E-state index contributed by atoms with van der Waals surface area (Å²) in [6.07, 6.45) is 1.83. The second kappa shape index (κ2) is 5.22. The van der Waals surface area contributed by atoms with Gasteiger partial charge in [0.1, 0.15) is 0 Å². The fourth-order valence-corrected chi connectivity index (χ4v) is 2.63. The summed E-state index contributed by atoms with van der Waals surface area (Å²) in [6.45, 7) is 3.91. The van der Waals surface area contributed by atoms with Gasteiger partial charge in [-0.1, -0.05) is 42.5 Å². The molecule has 0 aliphatic carbocycles. The summed E-state index contributed by atoms with van der Waals surface area (Å²) in [4.78, 5) is 9.10. The molecule has 2 nitrogen and oxygen atoms in total. The number of benzene rings is 2. The molecule has 0 saturated heterocycles. The molecular formula is C17H15ClN2. The summed E-state index contributed by atoms with van der Waals surface area (Å²) in [5.74, 6) is 0.750. The predicted molar refractivity (Wildman–Crippen MR) is 84.0 cm³/mol. The molecule has 100 valence electrons. The Kier molecular flexibility index (Phi) is 3.41. The van der Waals surface area contributed by atoms with Gasteiger partial charge in [-0.3, -0.25) is 0 Å². The molecule has 0 aliphatic heterocycles. The average Bonchev–Trinajstić information content (AvgIpc) is 2.46. The van der Waals surface area contributed by atoms with Crippen LogP contribution in [-0.4, -0.2) is 9.97 Å². The Labute approximate surface area is 123 Å². The van der Waals surface area contributed by atoms with E-state index >= 15 is 0 Å². The lowest BCUT2D eigenvalue weighted by molar-refractivity contribution is 0.977. The number of aryl methyl sites for hydroxylation is 1. The van der Waals surface area contributed by atoms with E-state index in [2.05, 4.69) is 34.2 Å². The lowest BCUT2D eigenvalue weighted by Gasteiger charge is -2.10. The number of nitrogens with zero attached hydrogens (tertiary/aromatic N) is 2. The van der Waals surface area contributed by atoms with Crippen LogP contribution in [0.5, 0.6) is 0 Å². The number of hydrogen-bond acceptors (Lipinski definition) is 2. The van der Waals surface area contributed by atoms with Crippen LogP contribution in [0, 0.1) is 6.92 Å². The van der Waals surface area contributed by atoms with Gasteiger partial charge in [0.15, 0.2) is 5.82 Å². The van der Waals surface area contributed by atoms with Gasteiger partial charge in [-0.05, 0) is 24.6 Å². The predicted octanol–water partition coefficient (Wildman–Crippen LogP) is 4.91. The number of rotatable bonds is 2. The molecule has 20 heavy (non-hydrogen) atoms. The highest BCUT2D eigenvalue weighted by Crippen LogP contribution is 2.28. The summed E-state index contributed by atoms with van der Waals surface area (Å²) in [5.41, 5.74) is 2.97. The van der Waals surface area contributed by atoms with Crippen LogP contribution in [0.2, 0.25) is 0 Å². The van der Waals surface area contributed by atoms with Crippen LogP contribution in [0.3, 0.4) is 0 Å². The minimum Gasteiger partial charge on any atom is -0.236 e. The third-order valence-corrected chi connectivity index (χ3v) is 3.71. The van der Waals surface area contributed by atoms with Gasteiger partial charge >= 0.3 is 0 Å². The molecule has 1 heterocycles. The van der Waals surface area contributed by atoms with Crippen molar-refractivity contribution < 1.29 is 0 Å². The molecule has 2 aromatic carbocycles. The Balaban J connectivity index is 2.19. The number of fused-ring (bicyclic) bond motifs is 1. The minimum atomic E-state index is -0.0726. The summed E-state index contributed by atoms with van der Waals surface area (Å²) < 4.78 is 0. The van der Waals surface area contributed by atoms with Crippen molar-refractivity contribution in [2.24, 2.45) is 0 Å². The summed E-state index contributed by atoms with van der Waals surface area (Å²) in [5, 5.41) is 2.29. The monoisotopic (exact) mass is 282 g/mol. The van der Waals surface area contributed by atoms with Gasteiger partial charge in [-0.2, -0.15) is 0 Å². The first-order valence-electron chi connectivity index (χ1n) is 6.62. The van der Waals surface area contributed by atoms with E-state index in [1.165, 1.54) is 10.8 Å². The Morgan fingerprint density at radius 1 is 1.05 bits per heavy atom. The molecule has 0 bridgehead atoms. The van der Waals surface area contributed by atoms with Gasteiger partial charge in [0.05, 0.1) is 5.38 Å². The standard InChI is InChI=1S/C17H15ClN2/c1-11(18)16-10-19-17(20-12(16)2)15-9-5-7-13-6-3-4-8-14(13)15/h3-11H,1-2H3. The summed E-state index contributed by atoms with van der Waals surface area (Å²) in [7, 11) is 0. The molecule has 1 unspecified atom stereocenters. The van der Waals surface area contributed by atoms with Crippen molar-refractivity contribution in [3.63, 3.8) is 0 Å². The number of hydrogen-bond donors (Lipinski definition) is 0. The normalized spacial score (nSPS) is 12.6. The average molecular weight is 283 g/mol. The second-order valence-corrected chi connectivity index (χ2v) is 5.53. The number of alkyl halides is 1. The number of aromatic nitrogens is 2. The highest BCUT2D eigenvalue weighted by Gasteiger charge is 2.11. The molecule has 0 spiro atoms. The van der Waals surface area contributed by atoms with E-state index in [9.17, 15) is 0 Å². The Bertz CT molecular complexity index is 761. The van der Waals surface area contributed by atoms with E-state index in [4.69, 9.17) is 11.6 Å². The van der Waals surface area contributed by atoms with E-state index < -0.39 is 0 Å². The first-order valence-corrected chi connectivity index (χ1v) is 7.06. The molecule has 3 aromatic rings. The Hall–Kier alpha value is -1.93. The molecule has 0 fully saturated rings. The van der Waals surface area contributed by atoms with Crippen LogP contribution in [0.1, 0.15) is 23.6 Å². The molecule has 3 rings (SSSR count). The lowest BCUT2D eigenvalue weighted by Crippen LogP contribution is -1.98. The van der Waals surface area contributed by atoms with Gasteiger partial charge in [-0.15, -0.1) is 11.6 Å². The molecule has 0 saturated carbocycles. The van der Waals surface area contributed by atoms with E-state index in [1.54, 1.807) is 0 Å². The van der Waals surface area contributed by atoms with Gasteiger partial charge in [0, 0.05) is 23.0 Å². The van der Waals surface area contributed by atoms with Crippen molar-refractivity contribution in [2.75, 3.05) is 0 Å². The molecule has 0 aliphatic rings. The second-order valence-electron chi connectivity index (χ2n) is 4.88. The van der Waals surface area contributed by atoms with Crippen molar-refractivity contribution in [3.8, 4) is 11.4 Å². The van der Waals surface area contributed by atoms with Gasteiger partial charge in [0.25, 0.3) is 0 Å². The quantitative estimate of drug-likeness (QED) is 0.625. The van der Waals surface area contributed by atoms with Crippen LogP contribution in [0.15, 0.2) is 48.7 Å². The SMILES string of the molecule is Cc1nc(-c2cccc3ccccc23)ncc1C(C)Cl. The smallest absolute Gasteiger partial charge is 0.159 e. The van der Waals surface area contributed by atoms with Gasteiger partial charge in [0.2, 0.25) is 0 Å². The van der Waals surface area contributed by atoms with Crippen molar-refractivity contribution in [1.82, 2.24) is 9.97 Å². The highest BCUT2D eigenvalue weighted by atomic mass is 35.5. The molecular weight excluding hydrogens is 268 g/mol. The van der Waals surface area contributed by atoms with Gasteiger partial charge < -0.3 is 0 Å². The number of halogens is 1. The van der Waals surface area contributed by atoms with Crippen molar-refractivity contribution in [3.05, 3.63) is 59.9 Å². The summed E-state index contributed by atoms with van der Waals surface area (Å²) in [6, 6.07) is 14.5. The van der Waals surface area contributed by atoms with Crippen LogP contribution in [-0.2, 0) is 0 Å². The van der Waals surface area contributed by atoms with Gasteiger partial charge in [-0.25, -0.2) is 9.97 Å². The topological polar surface area (TPSA) is 25.8 Å². The maximum absolute atomic E-state index is 6.12. The Morgan fingerprint density at radius 2 is 1.80 bits per heavy atom. The molecule has 3 heteroatoms. The lowest BCUT2D eigenvalue weighted by atomic mass is 10.0. The molecule has 0 radical (unpaired) electrons. The minimum absolute atomic E-state index is 0.0726.